The predicted molar refractivity (Wildman–Crippen MR) is 129 cm³/mol. The van der Waals surface area contributed by atoms with Crippen molar-refractivity contribution in [2.24, 2.45) is 0 Å². The van der Waals surface area contributed by atoms with Crippen LogP contribution in [0.5, 0.6) is 0 Å². The summed E-state index contributed by atoms with van der Waals surface area (Å²) in [6.07, 6.45) is 1.11. The van der Waals surface area contributed by atoms with Gasteiger partial charge in [-0.2, -0.15) is 0 Å². The highest BCUT2D eigenvalue weighted by Crippen LogP contribution is 2.29. The number of sulfone groups is 1. The van der Waals surface area contributed by atoms with E-state index in [9.17, 15) is 21.6 Å². The fraction of sp³-hybridized carbons (Fsp3) is 0.0476. The minimum absolute atomic E-state index is 0.105. The van der Waals surface area contributed by atoms with E-state index >= 15 is 0 Å². The number of anilines is 2. The van der Waals surface area contributed by atoms with Gasteiger partial charge in [0.25, 0.3) is 15.9 Å². The van der Waals surface area contributed by atoms with E-state index in [0.29, 0.717) is 10.2 Å². The summed E-state index contributed by atoms with van der Waals surface area (Å²) in [5.41, 5.74) is 0.855. The molecule has 33 heavy (non-hydrogen) atoms. The lowest BCUT2D eigenvalue weighted by Gasteiger charge is -2.10. The van der Waals surface area contributed by atoms with Crippen molar-refractivity contribution in [2.75, 3.05) is 16.3 Å². The predicted octanol–water partition coefficient (Wildman–Crippen LogP) is 4.41. The van der Waals surface area contributed by atoms with Gasteiger partial charge in [0.1, 0.15) is 0 Å². The number of rotatable bonds is 6. The molecule has 0 atom stereocenters. The normalized spacial score (nSPS) is 11.9. The van der Waals surface area contributed by atoms with E-state index in [0.717, 1.165) is 17.6 Å². The number of carbonyl (C=O) groups is 1. The fourth-order valence-electron chi connectivity index (χ4n) is 2.91. The lowest BCUT2D eigenvalue weighted by atomic mass is 10.2. The Morgan fingerprint density at radius 3 is 2.42 bits per heavy atom. The topological polar surface area (TPSA) is 122 Å². The molecule has 2 N–H and O–H groups in total. The number of nitrogens with zero attached hydrogens (tertiary/aromatic N) is 1. The summed E-state index contributed by atoms with van der Waals surface area (Å²) in [5, 5.41) is 3.12. The molecule has 0 radical (unpaired) electrons. The first-order valence-electron chi connectivity index (χ1n) is 9.32. The Balaban J connectivity index is 1.57. The first kappa shape index (κ1) is 23.2. The van der Waals surface area contributed by atoms with Gasteiger partial charge < -0.3 is 0 Å². The van der Waals surface area contributed by atoms with Gasteiger partial charge in [-0.1, -0.05) is 41.1 Å². The van der Waals surface area contributed by atoms with E-state index in [1.54, 1.807) is 24.3 Å². The molecule has 1 heterocycles. The molecule has 170 valence electrons. The number of hydrogen-bond acceptors (Lipinski definition) is 7. The van der Waals surface area contributed by atoms with E-state index in [1.165, 1.54) is 42.5 Å². The Kier molecular flexibility index (Phi) is 6.14. The van der Waals surface area contributed by atoms with Gasteiger partial charge in [-0.15, -0.1) is 0 Å². The van der Waals surface area contributed by atoms with Gasteiger partial charge >= 0.3 is 0 Å². The number of halogens is 1. The van der Waals surface area contributed by atoms with Crippen LogP contribution in [0.15, 0.2) is 76.5 Å². The summed E-state index contributed by atoms with van der Waals surface area (Å²) in [7, 11) is -7.36. The number of thiazole rings is 1. The van der Waals surface area contributed by atoms with Gasteiger partial charge in [0.2, 0.25) is 0 Å². The summed E-state index contributed by atoms with van der Waals surface area (Å²) in [5.74, 6) is -0.563. The van der Waals surface area contributed by atoms with Crippen molar-refractivity contribution in [3.63, 3.8) is 0 Å². The quantitative estimate of drug-likeness (QED) is 0.387. The zero-order chi connectivity index (χ0) is 23.8. The molecule has 0 fully saturated rings. The number of benzene rings is 3. The van der Waals surface area contributed by atoms with Gasteiger partial charge in [0, 0.05) is 11.8 Å². The summed E-state index contributed by atoms with van der Waals surface area (Å²) in [4.78, 5) is 17.1. The Morgan fingerprint density at radius 1 is 0.939 bits per heavy atom. The molecular formula is C21H16ClN3O5S3. The van der Waals surface area contributed by atoms with Crippen LogP contribution in [0.25, 0.3) is 10.2 Å². The minimum atomic E-state index is -3.99. The number of nitrogens with one attached hydrogen (secondary N) is 2. The van der Waals surface area contributed by atoms with Crippen LogP contribution in [0.1, 0.15) is 10.4 Å². The summed E-state index contributed by atoms with van der Waals surface area (Å²) in [6.45, 7) is 0. The maximum Gasteiger partial charge on any atom is 0.261 e. The number of fused-ring (bicyclic) bond motifs is 1. The zero-order valence-corrected chi connectivity index (χ0v) is 20.1. The number of para-hydroxylation sites is 1. The number of carbonyl (C=O) groups excluding carboxylic acids is 1. The lowest BCUT2D eigenvalue weighted by molar-refractivity contribution is 0.102. The lowest BCUT2D eigenvalue weighted by Crippen LogP contribution is -2.16. The van der Waals surface area contributed by atoms with Crippen molar-refractivity contribution < 1.29 is 21.6 Å². The average Bonchev–Trinajstić information content (AvgIpc) is 3.16. The Morgan fingerprint density at radius 2 is 1.70 bits per heavy atom. The second-order valence-corrected chi connectivity index (χ2v) is 12.1. The smallest absolute Gasteiger partial charge is 0.261 e. The number of aromatic nitrogens is 1. The molecule has 8 nitrogen and oxygen atoms in total. The number of sulfonamides is 1. The molecule has 1 aromatic heterocycles. The molecule has 0 aliphatic heterocycles. The maximum atomic E-state index is 12.8. The largest absolute Gasteiger partial charge is 0.298 e. The highest BCUT2D eigenvalue weighted by atomic mass is 35.5. The summed E-state index contributed by atoms with van der Waals surface area (Å²) >= 11 is 7.14. The van der Waals surface area contributed by atoms with Crippen LogP contribution in [0, 0.1) is 0 Å². The van der Waals surface area contributed by atoms with Crippen LogP contribution in [-0.4, -0.2) is 34.0 Å². The molecule has 0 saturated heterocycles. The molecule has 0 aliphatic rings. The van der Waals surface area contributed by atoms with Crippen molar-refractivity contribution in [2.45, 2.75) is 9.79 Å². The third-order valence-corrected chi connectivity index (χ3v) is 8.27. The average molecular weight is 522 g/mol. The van der Waals surface area contributed by atoms with E-state index in [-0.39, 0.29) is 31.2 Å². The Hall–Kier alpha value is -2.99. The van der Waals surface area contributed by atoms with Crippen molar-refractivity contribution in [1.82, 2.24) is 4.98 Å². The summed E-state index contributed by atoms with van der Waals surface area (Å²) < 4.78 is 52.0. The van der Waals surface area contributed by atoms with E-state index in [2.05, 4.69) is 15.0 Å². The molecule has 3 aromatic carbocycles. The standard InChI is InChI=1S/C21H16ClN3O5S3/c1-32(27,28)14-9-10-18-19(12-14)31-21(23-18)24-20(26)13-5-4-6-15(11-13)33(29,30)25-17-8-3-2-7-16(17)22/h2-12,25H,1H3,(H,23,24,26). The van der Waals surface area contributed by atoms with Gasteiger partial charge in [-0.05, 0) is 48.5 Å². The molecule has 1 amide bonds. The van der Waals surface area contributed by atoms with Crippen LogP contribution in [0.2, 0.25) is 5.02 Å². The SMILES string of the molecule is CS(=O)(=O)c1ccc2nc(NC(=O)c3cccc(S(=O)(=O)Nc4ccccc4Cl)c3)sc2c1. The van der Waals surface area contributed by atoms with Crippen molar-refractivity contribution >= 4 is 69.7 Å². The van der Waals surface area contributed by atoms with E-state index < -0.39 is 25.8 Å². The molecule has 0 unspecified atom stereocenters. The monoisotopic (exact) mass is 521 g/mol. The van der Waals surface area contributed by atoms with Gasteiger partial charge in [-0.3, -0.25) is 14.8 Å². The van der Waals surface area contributed by atoms with Crippen molar-refractivity contribution in [3.8, 4) is 0 Å². The van der Waals surface area contributed by atoms with E-state index in [1.807, 2.05) is 0 Å². The zero-order valence-electron chi connectivity index (χ0n) is 16.9. The highest BCUT2D eigenvalue weighted by Gasteiger charge is 2.19. The van der Waals surface area contributed by atoms with Crippen LogP contribution in [-0.2, 0) is 19.9 Å². The fourth-order valence-corrected chi connectivity index (χ4v) is 5.90. The van der Waals surface area contributed by atoms with Gasteiger partial charge in [0.05, 0.1) is 30.7 Å². The van der Waals surface area contributed by atoms with E-state index in [4.69, 9.17) is 11.6 Å². The summed E-state index contributed by atoms with van der Waals surface area (Å²) in [6, 6.07) is 16.4. The second kappa shape index (κ2) is 8.75. The molecule has 0 aliphatic carbocycles. The third-order valence-electron chi connectivity index (χ3n) is 4.53. The maximum absolute atomic E-state index is 12.8. The molecule has 4 rings (SSSR count). The molecule has 0 spiro atoms. The number of amides is 1. The first-order chi connectivity index (χ1) is 15.5. The number of hydrogen-bond donors (Lipinski definition) is 2. The first-order valence-corrected chi connectivity index (χ1v) is 13.9. The van der Waals surface area contributed by atoms with Crippen LogP contribution < -0.4 is 10.0 Å². The molecular weight excluding hydrogens is 506 g/mol. The highest BCUT2D eigenvalue weighted by molar-refractivity contribution is 7.92. The van der Waals surface area contributed by atoms with Gasteiger partial charge in [0.15, 0.2) is 15.0 Å². The Labute approximate surface area is 199 Å². The van der Waals surface area contributed by atoms with Crippen LogP contribution in [0.3, 0.4) is 0 Å². The van der Waals surface area contributed by atoms with Crippen molar-refractivity contribution in [1.29, 1.82) is 0 Å². The minimum Gasteiger partial charge on any atom is -0.298 e. The molecule has 0 saturated carbocycles. The Bertz CT molecular complexity index is 1600. The van der Waals surface area contributed by atoms with Crippen molar-refractivity contribution in [3.05, 3.63) is 77.3 Å². The third kappa shape index (κ3) is 5.17. The van der Waals surface area contributed by atoms with Gasteiger partial charge in [-0.25, -0.2) is 21.8 Å². The van der Waals surface area contributed by atoms with Crippen LogP contribution >= 0.6 is 22.9 Å². The molecule has 4 aromatic rings. The molecule has 0 bridgehead atoms. The molecule has 12 heteroatoms. The second-order valence-electron chi connectivity index (χ2n) is 6.99. The van der Waals surface area contributed by atoms with Crippen LogP contribution in [0.4, 0.5) is 10.8 Å².